The number of benzene rings is 2. The van der Waals surface area contributed by atoms with Gasteiger partial charge < -0.3 is 10.1 Å². The zero-order chi connectivity index (χ0) is 14.4. The Bertz CT molecular complexity index is 537. The fourth-order valence-electron chi connectivity index (χ4n) is 1.83. The van der Waals surface area contributed by atoms with Crippen LogP contribution in [-0.2, 0) is 13.2 Å². The van der Waals surface area contributed by atoms with Gasteiger partial charge in [-0.15, -0.1) is 0 Å². The Morgan fingerprint density at radius 3 is 2.50 bits per heavy atom. The van der Waals surface area contributed by atoms with E-state index in [-0.39, 0.29) is 5.82 Å². The van der Waals surface area contributed by atoms with Crippen molar-refractivity contribution >= 4 is 15.9 Å². The van der Waals surface area contributed by atoms with Gasteiger partial charge in [0.1, 0.15) is 18.2 Å². The highest BCUT2D eigenvalue weighted by atomic mass is 79.9. The van der Waals surface area contributed by atoms with Crippen LogP contribution in [0.3, 0.4) is 0 Å². The van der Waals surface area contributed by atoms with Crippen LogP contribution in [0.2, 0.25) is 0 Å². The van der Waals surface area contributed by atoms with Crippen molar-refractivity contribution in [3.8, 4) is 5.75 Å². The lowest BCUT2D eigenvalue weighted by atomic mass is 10.2. The topological polar surface area (TPSA) is 21.3 Å². The highest BCUT2D eigenvalue weighted by Crippen LogP contribution is 2.18. The highest BCUT2D eigenvalue weighted by Gasteiger charge is 2.01. The molecule has 0 fully saturated rings. The molecule has 20 heavy (non-hydrogen) atoms. The smallest absolute Gasteiger partial charge is 0.124 e. The summed E-state index contributed by atoms with van der Waals surface area (Å²) in [4.78, 5) is 0. The number of rotatable bonds is 6. The molecule has 1 N–H and O–H groups in total. The predicted octanol–water partition coefficient (Wildman–Crippen LogP) is 4.28. The molecule has 0 unspecified atom stereocenters. The second-order valence-electron chi connectivity index (χ2n) is 4.49. The van der Waals surface area contributed by atoms with E-state index in [2.05, 4.69) is 28.2 Å². The second-order valence-corrected chi connectivity index (χ2v) is 5.41. The first-order valence-electron chi connectivity index (χ1n) is 6.55. The molecule has 106 valence electrons. The van der Waals surface area contributed by atoms with Crippen molar-refractivity contribution in [3.63, 3.8) is 0 Å². The Morgan fingerprint density at radius 1 is 1.10 bits per heavy atom. The Labute approximate surface area is 127 Å². The van der Waals surface area contributed by atoms with E-state index < -0.39 is 0 Å². The standard InChI is InChI=1S/C16H17BrFNO/c1-2-19-10-12-3-5-16(6-4-12)20-11-13-7-14(17)9-15(18)8-13/h3-9,19H,2,10-11H2,1H3. The van der Waals surface area contributed by atoms with Gasteiger partial charge in [0, 0.05) is 11.0 Å². The lowest BCUT2D eigenvalue weighted by molar-refractivity contribution is 0.305. The molecule has 0 aromatic heterocycles. The zero-order valence-corrected chi connectivity index (χ0v) is 12.9. The Balaban J connectivity index is 1.93. The Morgan fingerprint density at radius 2 is 1.85 bits per heavy atom. The third-order valence-electron chi connectivity index (χ3n) is 2.83. The summed E-state index contributed by atoms with van der Waals surface area (Å²) in [5.41, 5.74) is 2.02. The lowest BCUT2D eigenvalue weighted by Gasteiger charge is -2.08. The predicted molar refractivity (Wildman–Crippen MR) is 82.3 cm³/mol. The number of halogens is 2. The molecular weight excluding hydrogens is 321 g/mol. The third kappa shape index (κ3) is 4.62. The molecule has 4 heteroatoms. The Hall–Kier alpha value is -1.39. The molecule has 0 bridgehead atoms. The van der Waals surface area contributed by atoms with Gasteiger partial charge in [0.2, 0.25) is 0 Å². The minimum atomic E-state index is -0.265. The van der Waals surface area contributed by atoms with Crippen LogP contribution in [-0.4, -0.2) is 6.54 Å². The minimum Gasteiger partial charge on any atom is -0.489 e. The van der Waals surface area contributed by atoms with Crippen molar-refractivity contribution in [2.45, 2.75) is 20.1 Å². The van der Waals surface area contributed by atoms with Crippen molar-refractivity contribution in [1.29, 1.82) is 0 Å². The molecule has 0 spiro atoms. The van der Waals surface area contributed by atoms with Crippen LogP contribution in [0, 0.1) is 5.82 Å². The normalized spacial score (nSPS) is 10.6. The van der Waals surface area contributed by atoms with Crippen molar-refractivity contribution in [1.82, 2.24) is 5.32 Å². The largest absolute Gasteiger partial charge is 0.489 e. The van der Waals surface area contributed by atoms with E-state index in [9.17, 15) is 4.39 Å². The van der Waals surface area contributed by atoms with Crippen LogP contribution >= 0.6 is 15.9 Å². The maximum Gasteiger partial charge on any atom is 0.124 e. The van der Waals surface area contributed by atoms with Crippen molar-refractivity contribution in [2.24, 2.45) is 0 Å². The van der Waals surface area contributed by atoms with Crippen molar-refractivity contribution in [2.75, 3.05) is 6.54 Å². The molecule has 0 saturated heterocycles. The summed E-state index contributed by atoms with van der Waals surface area (Å²) in [6.07, 6.45) is 0. The lowest BCUT2D eigenvalue weighted by Crippen LogP contribution is -2.11. The van der Waals surface area contributed by atoms with Gasteiger partial charge in [0.15, 0.2) is 0 Å². The molecule has 2 aromatic carbocycles. The molecule has 0 atom stereocenters. The first-order chi connectivity index (χ1) is 9.67. The van der Waals surface area contributed by atoms with Gasteiger partial charge in [-0.3, -0.25) is 0 Å². The molecule has 2 rings (SSSR count). The average Bonchev–Trinajstić information content (AvgIpc) is 2.43. The van der Waals surface area contributed by atoms with Crippen molar-refractivity contribution in [3.05, 3.63) is 63.9 Å². The molecular formula is C16H17BrFNO. The molecule has 0 saturated carbocycles. The van der Waals surface area contributed by atoms with Gasteiger partial charge in [-0.05, 0) is 48.0 Å². The SMILES string of the molecule is CCNCc1ccc(OCc2cc(F)cc(Br)c2)cc1. The molecule has 2 aromatic rings. The summed E-state index contributed by atoms with van der Waals surface area (Å²) in [7, 11) is 0. The first-order valence-corrected chi connectivity index (χ1v) is 7.34. The van der Waals surface area contributed by atoms with Crippen LogP contribution in [0.4, 0.5) is 4.39 Å². The van der Waals surface area contributed by atoms with E-state index in [1.54, 1.807) is 0 Å². The summed E-state index contributed by atoms with van der Waals surface area (Å²) in [5.74, 6) is 0.518. The van der Waals surface area contributed by atoms with E-state index in [4.69, 9.17) is 4.74 Å². The number of ether oxygens (including phenoxy) is 1. The van der Waals surface area contributed by atoms with E-state index in [0.29, 0.717) is 6.61 Å². The summed E-state index contributed by atoms with van der Waals surface area (Å²) < 4.78 is 19.6. The minimum absolute atomic E-state index is 0.265. The fraction of sp³-hybridized carbons (Fsp3) is 0.250. The van der Waals surface area contributed by atoms with Crippen LogP contribution in [0.15, 0.2) is 46.9 Å². The van der Waals surface area contributed by atoms with Gasteiger partial charge in [-0.25, -0.2) is 4.39 Å². The monoisotopic (exact) mass is 337 g/mol. The molecule has 0 aliphatic heterocycles. The maximum atomic E-state index is 13.2. The van der Waals surface area contributed by atoms with Gasteiger partial charge >= 0.3 is 0 Å². The number of hydrogen-bond acceptors (Lipinski definition) is 2. The molecule has 2 nitrogen and oxygen atoms in total. The van der Waals surface area contributed by atoms with E-state index in [1.165, 1.54) is 17.7 Å². The van der Waals surface area contributed by atoms with Crippen LogP contribution in [0.1, 0.15) is 18.1 Å². The van der Waals surface area contributed by atoms with Crippen molar-refractivity contribution < 1.29 is 9.13 Å². The maximum absolute atomic E-state index is 13.2. The number of nitrogens with one attached hydrogen (secondary N) is 1. The van der Waals surface area contributed by atoms with E-state index >= 15 is 0 Å². The van der Waals surface area contributed by atoms with E-state index in [0.717, 1.165) is 28.9 Å². The Kier molecular flexibility index (Phi) is 5.56. The molecule has 0 aliphatic carbocycles. The molecule has 0 amide bonds. The second kappa shape index (κ2) is 7.41. The summed E-state index contributed by atoms with van der Waals surface area (Å²) >= 11 is 3.27. The van der Waals surface area contributed by atoms with Gasteiger partial charge in [0.25, 0.3) is 0 Å². The average molecular weight is 338 g/mol. The molecule has 0 aliphatic rings. The fourth-order valence-corrected chi connectivity index (χ4v) is 2.35. The van der Waals surface area contributed by atoms with Crippen LogP contribution in [0.5, 0.6) is 5.75 Å². The van der Waals surface area contributed by atoms with E-state index in [1.807, 2.05) is 30.3 Å². The molecule has 0 heterocycles. The first kappa shape index (κ1) is 15.0. The van der Waals surface area contributed by atoms with Gasteiger partial charge in [-0.2, -0.15) is 0 Å². The summed E-state index contributed by atoms with van der Waals surface area (Å²) in [6, 6.07) is 12.7. The quantitative estimate of drug-likeness (QED) is 0.849. The van der Waals surface area contributed by atoms with Crippen LogP contribution < -0.4 is 10.1 Å². The summed E-state index contributed by atoms with van der Waals surface area (Å²) in [5, 5.41) is 3.27. The highest BCUT2D eigenvalue weighted by molar-refractivity contribution is 9.10. The van der Waals surface area contributed by atoms with Gasteiger partial charge in [0.05, 0.1) is 0 Å². The third-order valence-corrected chi connectivity index (χ3v) is 3.29. The number of hydrogen-bond donors (Lipinski definition) is 1. The summed E-state index contributed by atoms with van der Waals surface area (Å²) in [6.45, 7) is 4.23. The van der Waals surface area contributed by atoms with Crippen LogP contribution in [0.25, 0.3) is 0 Å². The van der Waals surface area contributed by atoms with Gasteiger partial charge in [-0.1, -0.05) is 35.0 Å². The zero-order valence-electron chi connectivity index (χ0n) is 11.3. The molecule has 0 radical (unpaired) electrons.